The lowest BCUT2D eigenvalue weighted by Gasteiger charge is -2.16. The van der Waals surface area contributed by atoms with Crippen LogP contribution in [0.15, 0.2) is 108 Å². The lowest BCUT2D eigenvalue weighted by molar-refractivity contribution is 0.414. The smallest absolute Gasteiger partial charge is 0.134 e. The van der Waals surface area contributed by atoms with Gasteiger partial charge in [-0.2, -0.15) is 0 Å². The molecule has 0 aliphatic rings. The molecule has 0 fully saturated rings. The van der Waals surface area contributed by atoms with E-state index in [0.717, 1.165) is 44.9 Å². The molecule has 0 saturated heterocycles. The average Bonchev–Trinajstić information content (AvgIpc) is 3.32. The van der Waals surface area contributed by atoms with Crippen LogP contribution in [0.2, 0.25) is 0 Å². The summed E-state index contributed by atoms with van der Waals surface area (Å²) in [5.74, 6) is 2.51. The Labute approximate surface area is 199 Å². The fourth-order valence-electron chi connectivity index (χ4n) is 4.18. The minimum Gasteiger partial charge on any atom is -0.497 e. The van der Waals surface area contributed by atoms with Gasteiger partial charge in [0.15, 0.2) is 0 Å². The summed E-state index contributed by atoms with van der Waals surface area (Å²) in [7, 11) is 3.36. The predicted octanol–water partition coefficient (Wildman–Crippen LogP) is 7.80. The highest BCUT2D eigenvalue weighted by Crippen LogP contribution is 2.37. The normalized spacial score (nSPS) is 11.4. The van der Waals surface area contributed by atoms with E-state index in [2.05, 4.69) is 72.8 Å². The van der Waals surface area contributed by atoms with Crippen LogP contribution in [0, 0.1) is 0 Å². The van der Waals surface area contributed by atoms with Crippen LogP contribution in [-0.2, 0) is 0 Å². The summed E-state index contributed by atoms with van der Waals surface area (Å²) in [6.07, 6.45) is 4.23. The number of fused-ring (bicyclic) bond motifs is 1. The molecule has 0 unspecified atom stereocenters. The van der Waals surface area contributed by atoms with Crippen LogP contribution in [-0.4, -0.2) is 14.2 Å². The van der Waals surface area contributed by atoms with Crippen LogP contribution >= 0.6 is 0 Å². The van der Waals surface area contributed by atoms with Crippen LogP contribution in [0.1, 0.15) is 33.9 Å². The van der Waals surface area contributed by atoms with Gasteiger partial charge in [-0.15, -0.1) is 0 Å². The van der Waals surface area contributed by atoms with E-state index >= 15 is 0 Å². The lowest BCUT2D eigenvalue weighted by atomic mass is 9.89. The molecule has 0 amide bonds. The van der Waals surface area contributed by atoms with Crippen molar-refractivity contribution >= 4 is 23.1 Å². The summed E-state index contributed by atoms with van der Waals surface area (Å²) in [4.78, 5) is 0. The van der Waals surface area contributed by atoms with E-state index in [9.17, 15) is 0 Å². The van der Waals surface area contributed by atoms with E-state index in [-0.39, 0.29) is 5.92 Å². The largest absolute Gasteiger partial charge is 0.497 e. The first kappa shape index (κ1) is 21.6. The quantitative estimate of drug-likeness (QED) is 0.239. The minimum absolute atomic E-state index is 0.0486. The zero-order chi connectivity index (χ0) is 23.3. The Bertz CT molecular complexity index is 1350. The molecule has 34 heavy (non-hydrogen) atoms. The Morgan fingerprint density at radius 3 is 1.79 bits per heavy atom. The van der Waals surface area contributed by atoms with Gasteiger partial charge in [0, 0.05) is 5.39 Å². The first-order valence-corrected chi connectivity index (χ1v) is 11.3. The first-order chi connectivity index (χ1) is 16.7. The summed E-state index contributed by atoms with van der Waals surface area (Å²) >= 11 is 0. The number of benzene rings is 4. The fourth-order valence-corrected chi connectivity index (χ4v) is 4.18. The van der Waals surface area contributed by atoms with Crippen molar-refractivity contribution in [1.82, 2.24) is 0 Å². The highest BCUT2D eigenvalue weighted by Gasteiger charge is 2.21. The highest BCUT2D eigenvalue weighted by molar-refractivity contribution is 5.83. The van der Waals surface area contributed by atoms with Crippen LogP contribution in [0.3, 0.4) is 0 Å². The second-order valence-corrected chi connectivity index (χ2v) is 8.17. The molecule has 3 heteroatoms. The fraction of sp³-hybridized carbons (Fsp3) is 0.0968. The number of rotatable bonds is 7. The molecule has 0 saturated carbocycles. The monoisotopic (exact) mass is 446 g/mol. The Morgan fingerprint density at radius 1 is 0.618 bits per heavy atom. The van der Waals surface area contributed by atoms with Gasteiger partial charge in [-0.1, -0.05) is 78.9 Å². The van der Waals surface area contributed by atoms with E-state index < -0.39 is 0 Å². The molecule has 168 valence electrons. The molecular formula is C31H26O3. The van der Waals surface area contributed by atoms with Gasteiger partial charge in [0.1, 0.15) is 22.8 Å². The van der Waals surface area contributed by atoms with Gasteiger partial charge in [-0.05, 0) is 58.7 Å². The van der Waals surface area contributed by atoms with Crippen molar-refractivity contribution < 1.29 is 13.9 Å². The van der Waals surface area contributed by atoms with E-state index in [4.69, 9.17) is 13.9 Å². The third kappa shape index (κ3) is 4.60. The van der Waals surface area contributed by atoms with E-state index in [1.165, 1.54) is 5.56 Å². The van der Waals surface area contributed by atoms with Crippen molar-refractivity contribution in [1.29, 1.82) is 0 Å². The minimum atomic E-state index is -0.0486. The van der Waals surface area contributed by atoms with Crippen LogP contribution in [0.5, 0.6) is 11.5 Å². The van der Waals surface area contributed by atoms with Gasteiger partial charge in [-0.25, -0.2) is 0 Å². The molecule has 0 bridgehead atoms. The van der Waals surface area contributed by atoms with E-state index in [0.29, 0.717) is 0 Å². The Hall–Kier alpha value is -4.24. The molecule has 5 rings (SSSR count). The maximum absolute atomic E-state index is 6.45. The van der Waals surface area contributed by atoms with Crippen molar-refractivity contribution in [3.8, 4) is 11.5 Å². The first-order valence-electron chi connectivity index (χ1n) is 11.3. The van der Waals surface area contributed by atoms with Crippen LogP contribution in [0.25, 0.3) is 23.1 Å². The van der Waals surface area contributed by atoms with Gasteiger partial charge in [-0.3, -0.25) is 0 Å². The number of furan rings is 1. The Kier molecular flexibility index (Phi) is 6.17. The zero-order valence-electron chi connectivity index (χ0n) is 19.3. The average molecular weight is 447 g/mol. The zero-order valence-corrected chi connectivity index (χ0v) is 19.3. The van der Waals surface area contributed by atoms with E-state index in [1.807, 2.05) is 42.5 Å². The molecule has 0 aliphatic heterocycles. The van der Waals surface area contributed by atoms with Crippen LogP contribution in [0.4, 0.5) is 0 Å². The maximum Gasteiger partial charge on any atom is 0.134 e. The summed E-state index contributed by atoms with van der Waals surface area (Å²) < 4.78 is 17.2. The Balaban J connectivity index is 1.53. The SMILES string of the molecule is COc1ccc(C(c2ccc(OC)cc2)c2cc3ccc(/C=C/c4ccccc4)cc3o2)cc1. The predicted molar refractivity (Wildman–Crippen MR) is 139 cm³/mol. The van der Waals surface area contributed by atoms with Gasteiger partial charge in [0.05, 0.1) is 20.1 Å². The standard InChI is InChI=1S/C31H26O3/c1-32-27-16-12-24(13-17-27)31(25-14-18-28(33-2)19-15-25)30-21-26-11-10-23(20-29(26)34-30)9-8-22-6-4-3-5-7-22/h3-21,31H,1-2H3/b9-8+. The van der Waals surface area contributed by atoms with Gasteiger partial charge < -0.3 is 13.9 Å². The summed E-state index contributed by atoms with van der Waals surface area (Å²) in [5, 5.41) is 1.08. The van der Waals surface area contributed by atoms with Crippen molar-refractivity contribution in [2.45, 2.75) is 5.92 Å². The molecule has 0 atom stereocenters. The van der Waals surface area contributed by atoms with Crippen LogP contribution < -0.4 is 9.47 Å². The summed E-state index contributed by atoms with van der Waals surface area (Å²) in [5.41, 5.74) is 5.41. The number of ether oxygens (including phenoxy) is 2. The van der Waals surface area contributed by atoms with Crippen molar-refractivity contribution in [2.24, 2.45) is 0 Å². The van der Waals surface area contributed by atoms with Crippen molar-refractivity contribution in [3.05, 3.63) is 131 Å². The molecule has 1 heterocycles. The number of methoxy groups -OCH3 is 2. The van der Waals surface area contributed by atoms with Crippen molar-refractivity contribution in [3.63, 3.8) is 0 Å². The molecule has 0 spiro atoms. The third-order valence-corrected chi connectivity index (χ3v) is 6.01. The number of hydrogen-bond acceptors (Lipinski definition) is 3. The molecule has 4 aromatic carbocycles. The summed E-state index contributed by atoms with van der Waals surface area (Å²) in [6, 6.07) is 35.1. The molecular weight excluding hydrogens is 420 g/mol. The Morgan fingerprint density at radius 2 is 1.21 bits per heavy atom. The van der Waals surface area contributed by atoms with Crippen molar-refractivity contribution in [2.75, 3.05) is 14.2 Å². The lowest BCUT2D eigenvalue weighted by Crippen LogP contribution is -2.02. The molecule has 5 aromatic rings. The molecule has 0 N–H and O–H groups in total. The third-order valence-electron chi connectivity index (χ3n) is 6.01. The topological polar surface area (TPSA) is 31.6 Å². The number of hydrogen-bond donors (Lipinski definition) is 0. The second-order valence-electron chi connectivity index (χ2n) is 8.17. The highest BCUT2D eigenvalue weighted by atomic mass is 16.5. The molecule has 0 radical (unpaired) electrons. The molecule has 3 nitrogen and oxygen atoms in total. The van der Waals surface area contributed by atoms with E-state index in [1.54, 1.807) is 14.2 Å². The summed E-state index contributed by atoms with van der Waals surface area (Å²) in [6.45, 7) is 0. The van der Waals surface area contributed by atoms with Gasteiger partial charge in [0.25, 0.3) is 0 Å². The van der Waals surface area contributed by atoms with Gasteiger partial charge >= 0.3 is 0 Å². The maximum atomic E-state index is 6.45. The van der Waals surface area contributed by atoms with Gasteiger partial charge in [0.2, 0.25) is 0 Å². The molecule has 1 aromatic heterocycles. The second kappa shape index (κ2) is 9.72. The molecule has 0 aliphatic carbocycles.